The number of rotatable bonds is 7. The first kappa shape index (κ1) is 15.5. The summed E-state index contributed by atoms with van der Waals surface area (Å²) in [5.41, 5.74) is 1.61. The predicted molar refractivity (Wildman–Crippen MR) is 74.9 cm³/mol. The van der Waals surface area contributed by atoms with E-state index in [-0.39, 0.29) is 6.10 Å². The van der Waals surface area contributed by atoms with E-state index in [0.29, 0.717) is 23.8 Å². The molecule has 0 bridgehead atoms. The van der Waals surface area contributed by atoms with Crippen LogP contribution < -0.4 is 10.1 Å². The Labute approximate surface area is 115 Å². The SMILES string of the molecule is COc1ccc(CNCC(C)CC(C)O)cc1C#N. The number of benzene rings is 1. The summed E-state index contributed by atoms with van der Waals surface area (Å²) < 4.78 is 5.11. The lowest BCUT2D eigenvalue weighted by atomic mass is 10.0. The third-order valence-electron chi connectivity index (χ3n) is 2.95. The van der Waals surface area contributed by atoms with Crippen LogP contribution in [0.1, 0.15) is 31.4 Å². The van der Waals surface area contributed by atoms with E-state index in [1.165, 1.54) is 0 Å². The number of hydrogen-bond donors (Lipinski definition) is 2. The number of methoxy groups -OCH3 is 1. The Morgan fingerprint density at radius 2 is 2.16 bits per heavy atom. The molecular formula is C15H22N2O2. The van der Waals surface area contributed by atoms with Gasteiger partial charge in [-0.15, -0.1) is 0 Å². The average molecular weight is 262 g/mol. The van der Waals surface area contributed by atoms with Crippen LogP contribution in [0.5, 0.6) is 5.75 Å². The van der Waals surface area contributed by atoms with Crippen LogP contribution in [0.3, 0.4) is 0 Å². The summed E-state index contributed by atoms with van der Waals surface area (Å²) in [6, 6.07) is 7.73. The van der Waals surface area contributed by atoms with Gasteiger partial charge in [-0.25, -0.2) is 0 Å². The third-order valence-corrected chi connectivity index (χ3v) is 2.95. The molecule has 104 valence electrons. The highest BCUT2D eigenvalue weighted by Crippen LogP contribution is 2.18. The quantitative estimate of drug-likeness (QED) is 0.789. The second-order valence-corrected chi connectivity index (χ2v) is 4.97. The Morgan fingerprint density at radius 3 is 2.74 bits per heavy atom. The van der Waals surface area contributed by atoms with Crippen LogP contribution in [0, 0.1) is 17.2 Å². The molecule has 0 radical (unpaired) electrons. The Kier molecular flexibility index (Phi) is 6.34. The first-order valence-corrected chi connectivity index (χ1v) is 6.52. The summed E-state index contributed by atoms with van der Waals surface area (Å²) in [6.07, 6.45) is 0.530. The van der Waals surface area contributed by atoms with E-state index >= 15 is 0 Å². The number of aliphatic hydroxyl groups is 1. The van der Waals surface area contributed by atoms with E-state index in [1.54, 1.807) is 14.0 Å². The van der Waals surface area contributed by atoms with Crippen LogP contribution in [-0.4, -0.2) is 24.9 Å². The summed E-state index contributed by atoms with van der Waals surface area (Å²) in [7, 11) is 1.56. The smallest absolute Gasteiger partial charge is 0.136 e. The van der Waals surface area contributed by atoms with Gasteiger partial charge in [0.25, 0.3) is 0 Å². The first-order chi connectivity index (χ1) is 9.06. The Bertz CT molecular complexity index is 438. The van der Waals surface area contributed by atoms with E-state index in [1.807, 2.05) is 18.2 Å². The fourth-order valence-electron chi connectivity index (χ4n) is 2.08. The minimum Gasteiger partial charge on any atom is -0.495 e. The van der Waals surface area contributed by atoms with Crippen LogP contribution in [0.4, 0.5) is 0 Å². The van der Waals surface area contributed by atoms with Gasteiger partial charge in [0.05, 0.1) is 18.8 Å². The van der Waals surface area contributed by atoms with Gasteiger partial charge in [0.15, 0.2) is 0 Å². The van der Waals surface area contributed by atoms with Crippen LogP contribution >= 0.6 is 0 Å². The molecule has 1 rings (SSSR count). The molecule has 0 saturated carbocycles. The normalized spacial score (nSPS) is 13.6. The van der Waals surface area contributed by atoms with Crippen molar-refractivity contribution in [2.75, 3.05) is 13.7 Å². The molecule has 0 aliphatic heterocycles. The molecule has 0 heterocycles. The van der Waals surface area contributed by atoms with Crippen molar-refractivity contribution in [1.82, 2.24) is 5.32 Å². The maximum absolute atomic E-state index is 9.29. The lowest BCUT2D eigenvalue weighted by Crippen LogP contribution is -2.23. The standard InChI is InChI=1S/C15H22N2O2/c1-11(6-12(2)18)9-17-10-13-4-5-15(19-3)14(7-13)8-16/h4-5,7,11-12,17-18H,6,9-10H2,1-3H3. The van der Waals surface area contributed by atoms with Gasteiger partial charge >= 0.3 is 0 Å². The molecule has 0 spiro atoms. The van der Waals surface area contributed by atoms with Crippen molar-refractivity contribution in [3.8, 4) is 11.8 Å². The molecule has 0 aliphatic carbocycles. The van der Waals surface area contributed by atoms with Gasteiger partial charge in [0.1, 0.15) is 11.8 Å². The number of nitrogens with one attached hydrogen (secondary N) is 1. The number of ether oxygens (including phenoxy) is 1. The summed E-state index contributed by atoms with van der Waals surface area (Å²) in [4.78, 5) is 0. The number of aliphatic hydroxyl groups excluding tert-OH is 1. The second-order valence-electron chi connectivity index (χ2n) is 4.97. The van der Waals surface area contributed by atoms with Crippen molar-refractivity contribution in [2.24, 2.45) is 5.92 Å². The molecule has 19 heavy (non-hydrogen) atoms. The van der Waals surface area contributed by atoms with Crippen LogP contribution in [-0.2, 0) is 6.54 Å². The number of hydrogen-bond acceptors (Lipinski definition) is 4. The fraction of sp³-hybridized carbons (Fsp3) is 0.533. The molecule has 2 atom stereocenters. The van der Waals surface area contributed by atoms with Gasteiger partial charge in [-0.05, 0) is 43.5 Å². The lowest BCUT2D eigenvalue weighted by Gasteiger charge is -2.14. The molecule has 4 heteroatoms. The summed E-state index contributed by atoms with van der Waals surface area (Å²) in [6.45, 7) is 5.47. The van der Waals surface area contributed by atoms with Gasteiger partial charge in [0.2, 0.25) is 0 Å². The minimum absolute atomic E-state index is 0.261. The van der Waals surface area contributed by atoms with Gasteiger partial charge in [-0.2, -0.15) is 5.26 Å². The zero-order valence-electron chi connectivity index (χ0n) is 11.8. The topological polar surface area (TPSA) is 65.3 Å². The van der Waals surface area contributed by atoms with Crippen LogP contribution in [0.15, 0.2) is 18.2 Å². The Morgan fingerprint density at radius 1 is 1.42 bits per heavy atom. The highest BCUT2D eigenvalue weighted by molar-refractivity contribution is 5.45. The van der Waals surface area contributed by atoms with Crippen molar-refractivity contribution in [3.63, 3.8) is 0 Å². The van der Waals surface area contributed by atoms with Gasteiger partial charge in [-0.1, -0.05) is 13.0 Å². The van der Waals surface area contributed by atoms with Crippen LogP contribution in [0.25, 0.3) is 0 Å². The fourth-order valence-corrected chi connectivity index (χ4v) is 2.08. The molecule has 2 N–H and O–H groups in total. The van der Waals surface area contributed by atoms with Crippen LogP contribution in [0.2, 0.25) is 0 Å². The highest BCUT2D eigenvalue weighted by atomic mass is 16.5. The van der Waals surface area contributed by atoms with Crippen molar-refractivity contribution < 1.29 is 9.84 Å². The number of nitriles is 1. The second kappa shape index (κ2) is 7.78. The summed E-state index contributed by atoms with van der Waals surface area (Å²) >= 11 is 0. The third kappa shape index (κ3) is 5.29. The monoisotopic (exact) mass is 262 g/mol. The molecule has 0 saturated heterocycles. The van der Waals surface area contributed by atoms with E-state index in [0.717, 1.165) is 18.5 Å². The predicted octanol–water partition coefficient (Wildman–Crippen LogP) is 2.06. The van der Waals surface area contributed by atoms with E-state index in [2.05, 4.69) is 18.3 Å². The molecule has 2 unspecified atom stereocenters. The molecule has 0 aromatic heterocycles. The largest absolute Gasteiger partial charge is 0.495 e. The summed E-state index contributed by atoms with van der Waals surface area (Å²) in [5.74, 6) is 1.03. The molecule has 4 nitrogen and oxygen atoms in total. The summed E-state index contributed by atoms with van der Waals surface area (Å²) in [5, 5.41) is 21.6. The van der Waals surface area contributed by atoms with Gasteiger partial charge < -0.3 is 15.2 Å². The molecular weight excluding hydrogens is 240 g/mol. The average Bonchev–Trinajstić information content (AvgIpc) is 2.37. The van der Waals surface area contributed by atoms with Crippen molar-refractivity contribution in [2.45, 2.75) is 32.9 Å². The van der Waals surface area contributed by atoms with E-state index in [4.69, 9.17) is 10.00 Å². The Balaban J connectivity index is 2.48. The van der Waals surface area contributed by atoms with Gasteiger partial charge in [0, 0.05) is 6.54 Å². The van der Waals surface area contributed by atoms with Crippen molar-refractivity contribution in [3.05, 3.63) is 29.3 Å². The van der Waals surface area contributed by atoms with E-state index in [9.17, 15) is 5.11 Å². The highest BCUT2D eigenvalue weighted by Gasteiger charge is 2.07. The lowest BCUT2D eigenvalue weighted by molar-refractivity contribution is 0.163. The molecule has 0 amide bonds. The zero-order chi connectivity index (χ0) is 14.3. The molecule has 0 fully saturated rings. The minimum atomic E-state index is -0.261. The Hall–Kier alpha value is -1.57. The molecule has 1 aromatic carbocycles. The van der Waals surface area contributed by atoms with Crippen molar-refractivity contribution >= 4 is 0 Å². The maximum atomic E-state index is 9.29. The zero-order valence-corrected chi connectivity index (χ0v) is 11.8. The van der Waals surface area contributed by atoms with E-state index < -0.39 is 0 Å². The maximum Gasteiger partial charge on any atom is 0.136 e. The number of nitrogens with zero attached hydrogens (tertiary/aromatic N) is 1. The molecule has 0 aliphatic rings. The van der Waals surface area contributed by atoms with Crippen molar-refractivity contribution in [1.29, 1.82) is 5.26 Å². The first-order valence-electron chi connectivity index (χ1n) is 6.52. The molecule has 1 aromatic rings. The van der Waals surface area contributed by atoms with Gasteiger partial charge in [-0.3, -0.25) is 0 Å².